The van der Waals surface area contributed by atoms with Crippen LogP contribution in [0.25, 0.3) is 10.6 Å². The van der Waals surface area contributed by atoms with Gasteiger partial charge in [-0.25, -0.2) is 4.98 Å². The molecule has 0 radical (unpaired) electrons. The van der Waals surface area contributed by atoms with Gasteiger partial charge in [0.15, 0.2) is 0 Å². The second-order valence-corrected chi connectivity index (χ2v) is 7.71. The molecule has 2 aliphatic carbocycles. The van der Waals surface area contributed by atoms with Gasteiger partial charge in [-0.3, -0.25) is 14.6 Å². The zero-order chi connectivity index (χ0) is 17.2. The maximum atomic E-state index is 12.4. The summed E-state index contributed by atoms with van der Waals surface area (Å²) in [5.41, 5.74) is 2.08. The highest BCUT2D eigenvalue weighted by Gasteiger charge is 2.28. The summed E-state index contributed by atoms with van der Waals surface area (Å²) in [6, 6.07) is 4.23. The summed E-state index contributed by atoms with van der Waals surface area (Å²) in [5, 5.41) is 6.63. The van der Waals surface area contributed by atoms with Crippen molar-refractivity contribution in [1.82, 2.24) is 20.6 Å². The first-order valence-electron chi connectivity index (χ1n) is 8.65. The minimum absolute atomic E-state index is 0.0462. The molecule has 0 saturated heterocycles. The van der Waals surface area contributed by atoms with Gasteiger partial charge in [-0.05, 0) is 37.8 Å². The molecule has 1 atom stereocenters. The van der Waals surface area contributed by atoms with Gasteiger partial charge in [-0.2, -0.15) is 0 Å². The van der Waals surface area contributed by atoms with Crippen LogP contribution in [0.4, 0.5) is 0 Å². The monoisotopic (exact) mass is 356 g/mol. The Balaban J connectivity index is 1.36. The summed E-state index contributed by atoms with van der Waals surface area (Å²) >= 11 is 1.70. The van der Waals surface area contributed by atoms with Gasteiger partial charge in [0.2, 0.25) is 11.8 Å². The van der Waals surface area contributed by atoms with Gasteiger partial charge < -0.3 is 10.6 Å². The lowest BCUT2D eigenvalue weighted by molar-refractivity contribution is -0.128. The molecule has 0 aromatic carbocycles. The molecule has 2 amide bonds. The van der Waals surface area contributed by atoms with Crippen LogP contribution in [0.2, 0.25) is 0 Å². The smallest absolute Gasteiger partial charge is 0.239 e. The van der Waals surface area contributed by atoms with Crippen molar-refractivity contribution in [3.8, 4) is 10.6 Å². The van der Waals surface area contributed by atoms with Crippen LogP contribution in [0.15, 0.2) is 24.5 Å². The van der Waals surface area contributed by atoms with Crippen molar-refractivity contribution in [2.24, 2.45) is 5.92 Å². The summed E-state index contributed by atoms with van der Waals surface area (Å²) in [6.45, 7) is 0.0675. The number of carbonyl (C=O) groups excluding carboxylic acids is 2. The average Bonchev–Trinajstić information content (AvgIpc) is 3.34. The maximum absolute atomic E-state index is 12.4. The predicted octanol–water partition coefficient (Wildman–Crippen LogP) is 1.70. The summed E-state index contributed by atoms with van der Waals surface area (Å²) in [5.74, 6) is -0.246. The van der Waals surface area contributed by atoms with Crippen LogP contribution in [-0.4, -0.2) is 34.4 Å². The Morgan fingerprint density at radius 3 is 2.76 bits per heavy atom. The van der Waals surface area contributed by atoms with Crippen molar-refractivity contribution in [1.29, 1.82) is 0 Å². The Labute approximate surface area is 150 Å². The summed E-state index contributed by atoms with van der Waals surface area (Å²) in [7, 11) is 0. The van der Waals surface area contributed by atoms with E-state index in [1.54, 1.807) is 23.7 Å². The summed E-state index contributed by atoms with van der Waals surface area (Å²) in [4.78, 5) is 34.1. The van der Waals surface area contributed by atoms with Gasteiger partial charge >= 0.3 is 0 Å². The van der Waals surface area contributed by atoms with Crippen LogP contribution in [0.5, 0.6) is 0 Å². The lowest BCUT2D eigenvalue weighted by Gasteiger charge is -2.20. The van der Waals surface area contributed by atoms with Crippen LogP contribution < -0.4 is 10.6 Å². The first-order valence-corrected chi connectivity index (χ1v) is 9.47. The molecule has 25 heavy (non-hydrogen) atoms. The van der Waals surface area contributed by atoms with Gasteiger partial charge in [-0.1, -0.05) is 0 Å². The lowest BCUT2D eigenvalue weighted by Crippen LogP contribution is -2.41. The van der Waals surface area contributed by atoms with Gasteiger partial charge in [0.05, 0.1) is 12.2 Å². The molecule has 2 N–H and O–H groups in total. The fourth-order valence-corrected chi connectivity index (χ4v) is 4.15. The second-order valence-electron chi connectivity index (χ2n) is 6.62. The van der Waals surface area contributed by atoms with Gasteiger partial charge in [0.1, 0.15) is 5.01 Å². The third-order valence-corrected chi connectivity index (χ3v) is 5.81. The highest BCUT2D eigenvalue weighted by atomic mass is 32.1. The Morgan fingerprint density at radius 2 is 2.00 bits per heavy atom. The Morgan fingerprint density at radius 1 is 1.20 bits per heavy atom. The molecule has 1 unspecified atom stereocenters. The molecule has 4 rings (SSSR count). The van der Waals surface area contributed by atoms with Crippen molar-refractivity contribution >= 4 is 23.2 Å². The van der Waals surface area contributed by atoms with E-state index in [0.717, 1.165) is 41.9 Å². The Kier molecular flexibility index (Phi) is 4.48. The van der Waals surface area contributed by atoms with Gasteiger partial charge in [0.25, 0.3) is 0 Å². The number of nitrogens with one attached hydrogen (secondary N) is 2. The number of pyridine rings is 1. The third-order valence-electron chi connectivity index (χ3n) is 4.60. The Bertz CT molecular complexity index is 786. The molecule has 7 heteroatoms. The van der Waals surface area contributed by atoms with Crippen LogP contribution in [0.3, 0.4) is 0 Å². The summed E-state index contributed by atoms with van der Waals surface area (Å²) < 4.78 is 0. The zero-order valence-electron chi connectivity index (χ0n) is 13.8. The molecule has 2 heterocycles. The highest BCUT2D eigenvalue weighted by molar-refractivity contribution is 7.15. The minimum atomic E-state index is -0.103. The molecule has 1 saturated carbocycles. The van der Waals surface area contributed by atoms with E-state index in [2.05, 4.69) is 15.6 Å². The van der Waals surface area contributed by atoms with Crippen molar-refractivity contribution in [2.45, 2.75) is 38.1 Å². The van der Waals surface area contributed by atoms with E-state index >= 15 is 0 Å². The number of rotatable bonds is 5. The van der Waals surface area contributed by atoms with Crippen molar-refractivity contribution in [3.63, 3.8) is 0 Å². The molecule has 0 aliphatic heterocycles. The molecule has 2 aromatic rings. The third kappa shape index (κ3) is 3.87. The molecule has 2 aliphatic rings. The Hall–Kier alpha value is -2.28. The van der Waals surface area contributed by atoms with E-state index in [-0.39, 0.29) is 24.3 Å². The van der Waals surface area contributed by atoms with E-state index in [1.165, 1.54) is 4.88 Å². The standard InChI is InChI=1S/C18H20N4O2S/c23-16(21-13-2-3-13)10-20-17(24)12-1-4-15-14(9-12)22-18(25-15)11-5-7-19-8-6-11/h5-8,12-13H,1-4,9-10H2,(H,20,24)(H,21,23). The van der Waals surface area contributed by atoms with Crippen LogP contribution in [-0.2, 0) is 22.4 Å². The maximum Gasteiger partial charge on any atom is 0.239 e. The van der Waals surface area contributed by atoms with Crippen LogP contribution in [0, 0.1) is 5.92 Å². The lowest BCUT2D eigenvalue weighted by atomic mass is 9.90. The van der Waals surface area contributed by atoms with Crippen molar-refractivity contribution in [3.05, 3.63) is 35.1 Å². The molecule has 130 valence electrons. The number of fused-ring (bicyclic) bond motifs is 1. The average molecular weight is 356 g/mol. The van der Waals surface area contributed by atoms with Crippen molar-refractivity contribution in [2.75, 3.05) is 6.54 Å². The largest absolute Gasteiger partial charge is 0.352 e. The van der Waals surface area contributed by atoms with Gasteiger partial charge in [0, 0.05) is 41.2 Å². The number of aryl methyl sites for hydroxylation is 1. The summed E-state index contributed by atoms with van der Waals surface area (Å²) in [6.07, 6.45) is 7.94. The van der Waals surface area contributed by atoms with Crippen molar-refractivity contribution < 1.29 is 9.59 Å². The number of hydrogen-bond acceptors (Lipinski definition) is 5. The minimum Gasteiger partial charge on any atom is -0.352 e. The normalized spacial score (nSPS) is 19.1. The highest BCUT2D eigenvalue weighted by Crippen LogP contribution is 2.34. The number of amides is 2. The van der Waals surface area contributed by atoms with E-state index < -0.39 is 0 Å². The fourth-order valence-electron chi connectivity index (χ4n) is 3.04. The van der Waals surface area contributed by atoms with Crippen LogP contribution >= 0.6 is 11.3 Å². The number of carbonyl (C=O) groups is 2. The van der Waals surface area contributed by atoms with E-state index in [0.29, 0.717) is 12.5 Å². The van der Waals surface area contributed by atoms with E-state index in [4.69, 9.17) is 4.98 Å². The second kappa shape index (κ2) is 6.92. The molecule has 1 fully saturated rings. The molecule has 6 nitrogen and oxygen atoms in total. The van der Waals surface area contributed by atoms with Crippen LogP contribution in [0.1, 0.15) is 29.8 Å². The topological polar surface area (TPSA) is 84.0 Å². The first-order chi connectivity index (χ1) is 12.2. The molecule has 0 spiro atoms. The van der Waals surface area contributed by atoms with Gasteiger partial charge in [-0.15, -0.1) is 11.3 Å². The number of aromatic nitrogens is 2. The zero-order valence-corrected chi connectivity index (χ0v) is 14.6. The number of hydrogen-bond donors (Lipinski definition) is 2. The molecular weight excluding hydrogens is 336 g/mol. The van der Waals surface area contributed by atoms with E-state index in [9.17, 15) is 9.59 Å². The number of nitrogens with zero attached hydrogens (tertiary/aromatic N) is 2. The number of thiazole rings is 1. The quantitative estimate of drug-likeness (QED) is 0.854. The molecule has 0 bridgehead atoms. The predicted molar refractivity (Wildman–Crippen MR) is 95.0 cm³/mol. The molecule has 2 aromatic heterocycles. The first kappa shape index (κ1) is 16.2. The molecular formula is C18H20N4O2S. The van der Waals surface area contributed by atoms with E-state index in [1.807, 2.05) is 12.1 Å². The SMILES string of the molecule is O=C(CNC(=O)C1CCc2sc(-c3ccncc3)nc2C1)NC1CC1. The fraction of sp³-hybridized carbons (Fsp3) is 0.444.